The standard InChI is InChI=1S/C22H24FN5O3S/c1-32(29,30)27-10-2-3-15(8-11-27)18-13-24-21(28-14-25-26-22(18)28)7-4-16-17-9-12-31-20(17)6-5-19(16)23/h3,5-6,13-14H,2,4,7-12H2,1H3. The smallest absolute Gasteiger partial charge is 0.211 e. The third-order valence-corrected chi connectivity index (χ3v) is 7.47. The van der Waals surface area contributed by atoms with Crippen LogP contribution in [0.3, 0.4) is 0 Å². The zero-order valence-electron chi connectivity index (χ0n) is 17.8. The van der Waals surface area contributed by atoms with Crippen molar-refractivity contribution in [2.75, 3.05) is 26.0 Å². The highest BCUT2D eigenvalue weighted by molar-refractivity contribution is 7.88. The van der Waals surface area contributed by atoms with E-state index in [1.165, 1.54) is 16.6 Å². The summed E-state index contributed by atoms with van der Waals surface area (Å²) in [7, 11) is -3.22. The van der Waals surface area contributed by atoms with Crippen molar-refractivity contribution in [3.8, 4) is 5.75 Å². The van der Waals surface area contributed by atoms with Gasteiger partial charge in [-0.05, 0) is 42.5 Å². The van der Waals surface area contributed by atoms with Crippen LogP contribution in [0.1, 0.15) is 35.4 Å². The van der Waals surface area contributed by atoms with E-state index in [-0.39, 0.29) is 5.82 Å². The van der Waals surface area contributed by atoms with Crippen molar-refractivity contribution in [1.29, 1.82) is 0 Å². The number of hydrogen-bond acceptors (Lipinski definition) is 6. The van der Waals surface area contributed by atoms with Gasteiger partial charge in [0, 0.05) is 43.3 Å². The average molecular weight is 458 g/mol. The Morgan fingerprint density at radius 3 is 2.91 bits per heavy atom. The van der Waals surface area contributed by atoms with Crippen LogP contribution >= 0.6 is 0 Å². The maximum atomic E-state index is 14.5. The first kappa shape index (κ1) is 21.0. The van der Waals surface area contributed by atoms with Crippen LogP contribution in [0.4, 0.5) is 4.39 Å². The third kappa shape index (κ3) is 3.88. The predicted molar refractivity (Wildman–Crippen MR) is 117 cm³/mol. The molecule has 0 atom stereocenters. The molecule has 0 spiro atoms. The maximum absolute atomic E-state index is 14.5. The van der Waals surface area contributed by atoms with Gasteiger partial charge in [0.2, 0.25) is 10.0 Å². The number of rotatable bonds is 5. The van der Waals surface area contributed by atoms with Gasteiger partial charge in [-0.2, -0.15) is 0 Å². The minimum atomic E-state index is -3.22. The number of fused-ring (bicyclic) bond motifs is 2. The van der Waals surface area contributed by atoms with E-state index < -0.39 is 10.0 Å². The summed E-state index contributed by atoms with van der Waals surface area (Å²) in [4.78, 5) is 4.65. The molecular formula is C22H24FN5O3S. The van der Waals surface area contributed by atoms with Crippen LogP contribution < -0.4 is 4.74 Å². The van der Waals surface area contributed by atoms with Gasteiger partial charge in [0.1, 0.15) is 23.7 Å². The van der Waals surface area contributed by atoms with E-state index in [0.717, 1.165) is 34.7 Å². The van der Waals surface area contributed by atoms with E-state index in [1.54, 1.807) is 18.6 Å². The van der Waals surface area contributed by atoms with Crippen molar-refractivity contribution in [3.05, 3.63) is 59.1 Å². The highest BCUT2D eigenvalue weighted by Gasteiger charge is 2.22. The van der Waals surface area contributed by atoms with Crippen LogP contribution in [0.15, 0.2) is 30.7 Å². The Kier molecular flexibility index (Phi) is 5.42. The molecule has 2 aliphatic rings. The first-order valence-corrected chi connectivity index (χ1v) is 12.5. The second kappa shape index (κ2) is 8.25. The molecule has 5 rings (SSSR count). The number of aryl methyl sites for hydroxylation is 1. The van der Waals surface area contributed by atoms with Crippen molar-refractivity contribution >= 4 is 21.2 Å². The van der Waals surface area contributed by atoms with E-state index >= 15 is 0 Å². The third-order valence-electron chi connectivity index (χ3n) is 6.16. The van der Waals surface area contributed by atoms with E-state index in [0.29, 0.717) is 56.6 Å². The van der Waals surface area contributed by atoms with Gasteiger partial charge in [-0.25, -0.2) is 22.1 Å². The minimum Gasteiger partial charge on any atom is -0.493 e. The first-order valence-electron chi connectivity index (χ1n) is 10.7. The van der Waals surface area contributed by atoms with Crippen molar-refractivity contribution < 1.29 is 17.5 Å². The summed E-state index contributed by atoms with van der Waals surface area (Å²) in [5.41, 5.74) is 4.16. The van der Waals surface area contributed by atoms with Gasteiger partial charge >= 0.3 is 0 Å². The van der Waals surface area contributed by atoms with Crippen LogP contribution in [-0.2, 0) is 29.3 Å². The molecule has 10 heteroatoms. The lowest BCUT2D eigenvalue weighted by Gasteiger charge is -2.17. The lowest BCUT2D eigenvalue weighted by molar-refractivity contribution is 0.356. The summed E-state index contributed by atoms with van der Waals surface area (Å²) in [6, 6.07) is 3.15. The molecular weight excluding hydrogens is 433 g/mol. The Balaban J connectivity index is 1.40. The van der Waals surface area contributed by atoms with Crippen LogP contribution in [-0.4, -0.2) is 58.3 Å². The molecule has 1 aromatic carbocycles. The number of sulfonamides is 1. The molecule has 0 fully saturated rings. The monoisotopic (exact) mass is 457 g/mol. The van der Waals surface area contributed by atoms with E-state index in [1.807, 2.05) is 4.40 Å². The summed E-state index contributed by atoms with van der Waals surface area (Å²) in [6.07, 6.45) is 9.65. The molecule has 3 aromatic rings. The highest BCUT2D eigenvalue weighted by atomic mass is 32.2. The second-order valence-corrected chi connectivity index (χ2v) is 10.1. The fraction of sp³-hybridized carbons (Fsp3) is 0.409. The van der Waals surface area contributed by atoms with Crippen molar-refractivity contribution in [2.24, 2.45) is 0 Å². The van der Waals surface area contributed by atoms with Crippen LogP contribution in [0.2, 0.25) is 0 Å². The molecule has 2 aliphatic heterocycles. The fourth-order valence-electron chi connectivity index (χ4n) is 4.52. The molecule has 0 amide bonds. The van der Waals surface area contributed by atoms with E-state index in [2.05, 4.69) is 21.3 Å². The topological polar surface area (TPSA) is 89.7 Å². The van der Waals surface area contributed by atoms with E-state index in [4.69, 9.17) is 4.74 Å². The normalized spacial score (nSPS) is 17.1. The van der Waals surface area contributed by atoms with Gasteiger partial charge in [0.25, 0.3) is 0 Å². The zero-order chi connectivity index (χ0) is 22.3. The van der Waals surface area contributed by atoms with Gasteiger partial charge in [0.15, 0.2) is 5.65 Å². The Morgan fingerprint density at radius 2 is 2.06 bits per heavy atom. The summed E-state index contributed by atoms with van der Waals surface area (Å²) in [5.74, 6) is 1.30. The Hall–Kier alpha value is -2.85. The Morgan fingerprint density at radius 1 is 1.19 bits per heavy atom. The molecule has 0 radical (unpaired) electrons. The predicted octanol–water partition coefficient (Wildman–Crippen LogP) is 2.42. The molecule has 0 aliphatic carbocycles. The molecule has 0 saturated heterocycles. The quantitative estimate of drug-likeness (QED) is 0.585. The lowest BCUT2D eigenvalue weighted by Crippen LogP contribution is -2.30. The largest absolute Gasteiger partial charge is 0.493 e. The number of hydrogen-bond donors (Lipinski definition) is 0. The minimum absolute atomic E-state index is 0.218. The summed E-state index contributed by atoms with van der Waals surface area (Å²) in [5, 5.41) is 8.36. The van der Waals surface area contributed by atoms with Crippen molar-refractivity contribution in [1.82, 2.24) is 23.9 Å². The van der Waals surface area contributed by atoms with Gasteiger partial charge in [-0.15, -0.1) is 10.2 Å². The molecule has 0 bridgehead atoms. The number of halogens is 1. The summed E-state index contributed by atoms with van der Waals surface area (Å²) >= 11 is 0. The van der Waals surface area contributed by atoms with Crippen LogP contribution in [0.25, 0.3) is 11.2 Å². The van der Waals surface area contributed by atoms with Gasteiger partial charge < -0.3 is 4.74 Å². The number of aromatic nitrogens is 4. The SMILES string of the molecule is CS(=O)(=O)N1CCC=C(c2cnc(CCc3c(F)ccc4c3CCO4)n3cnnc23)CC1. The Labute approximate surface area is 185 Å². The second-order valence-electron chi connectivity index (χ2n) is 8.14. The molecule has 0 N–H and O–H groups in total. The highest BCUT2D eigenvalue weighted by Crippen LogP contribution is 2.31. The number of benzene rings is 1. The first-order chi connectivity index (χ1) is 15.4. The molecule has 0 unspecified atom stereocenters. The molecule has 0 saturated carbocycles. The van der Waals surface area contributed by atoms with Gasteiger partial charge in [0.05, 0.1) is 12.9 Å². The molecule has 4 heterocycles. The number of nitrogens with zero attached hydrogens (tertiary/aromatic N) is 5. The lowest BCUT2D eigenvalue weighted by atomic mass is 9.99. The van der Waals surface area contributed by atoms with E-state index in [9.17, 15) is 12.8 Å². The van der Waals surface area contributed by atoms with Crippen molar-refractivity contribution in [2.45, 2.75) is 32.1 Å². The van der Waals surface area contributed by atoms with Crippen LogP contribution in [0, 0.1) is 5.82 Å². The van der Waals surface area contributed by atoms with Gasteiger partial charge in [-0.3, -0.25) is 4.40 Å². The number of ether oxygens (including phenoxy) is 1. The molecule has 8 nitrogen and oxygen atoms in total. The molecule has 2 aromatic heterocycles. The maximum Gasteiger partial charge on any atom is 0.211 e. The molecule has 168 valence electrons. The zero-order valence-corrected chi connectivity index (χ0v) is 18.6. The summed E-state index contributed by atoms with van der Waals surface area (Å²) < 4.78 is 47.2. The van der Waals surface area contributed by atoms with Crippen molar-refractivity contribution in [3.63, 3.8) is 0 Å². The van der Waals surface area contributed by atoms with Crippen LogP contribution in [0.5, 0.6) is 5.75 Å². The molecule has 32 heavy (non-hydrogen) atoms. The van der Waals surface area contributed by atoms with Gasteiger partial charge in [-0.1, -0.05) is 6.08 Å². The fourth-order valence-corrected chi connectivity index (χ4v) is 5.38. The Bertz CT molecular complexity index is 1320. The average Bonchev–Trinajstić information content (AvgIpc) is 3.36. The summed E-state index contributed by atoms with van der Waals surface area (Å²) in [6.45, 7) is 1.47.